The summed E-state index contributed by atoms with van der Waals surface area (Å²) in [5.74, 6) is -0.469. The third-order valence-corrected chi connectivity index (χ3v) is 5.21. The first-order valence-corrected chi connectivity index (χ1v) is 10.1. The van der Waals surface area contributed by atoms with Gasteiger partial charge < -0.3 is 11.1 Å². The maximum atomic E-state index is 11.9. The number of hydrogen-bond donors (Lipinski definition) is 3. The molecule has 0 aliphatic rings. The first-order valence-electron chi connectivity index (χ1n) is 8.42. The molecule has 2 aromatic carbocycles. The van der Waals surface area contributed by atoms with Crippen molar-refractivity contribution in [3.63, 3.8) is 0 Å². The molecule has 1 amide bonds. The highest BCUT2D eigenvalue weighted by Gasteiger charge is 2.12. The Morgan fingerprint density at radius 2 is 1.62 bits per heavy atom. The van der Waals surface area contributed by atoms with E-state index in [4.69, 9.17) is 5.73 Å². The molecule has 0 saturated carbocycles. The highest BCUT2D eigenvalue weighted by atomic mass is 32.2. The molecule has 4 N–H and O–H groups in total. The van der Waals surface area contributed by atoms with Gasteiger partial charge in [-0.1, -0.05) is 36.4 Å². The van der Waals surface area contributed by atoms with Gasteiger partial charge in [0.2, 0.25) is 15.9 Å². The molecule has 0 bridgehead atoms. The molecule has 0 heterocycles. The van der Waals surface area contributed by atoms with Crippen LogP contribution in [0.4, 0.5) is 0 Å². The van der Waals surface area contributed by atoms with E-state index in [1.807, 2.05) is 30.3 Å². The summed E-state index contributed by atoms with van der Waals surface area (Å²) in [6.45, 7) is 4.84. The average Bonchev–Trinajstić information content (AvgIpc) is 2.55. The van der Waals surface area contributed by atoms with Crippen LogP contribution in [0.1, 0.15) is 40.9 Å². The Hall–Kier alpha value is -2.22. The van der Waals surface area contributed by atoms with Crippen LogP contribution in [-0.4, -0.2) is 20.4 Å². The molecule has 0 spiro atoms. The highest BCUT2D eigenvalue weighted by molar-refractivity contribution is 7.88. The zero-order valence-corrected chi connectivity index (χ0v) is 15.8. The van der Waals surface area contributed by atoms with Gasteiger partial charge in [-0.3, -0.25) is 4.79 Å². The third-order valence-electron chi connectivity index (χ3n) is 3.66. The molecule has 0 aromatic heterocycles. The summed E-state index contributed by atoms with van der Waals surface area (Å²) in [6, 6.07) is 14.5. The van der Waals surface area contributed by atoms with Crippen LogP contribution in [0.25, 0.3) is 0 Å². The monoisotopic (exact) mass is 375 g/mol. The van der Waals surface area contributed by atoms with Crippen LogP contribution in [0.3, 0.4) is 0 Å². The molecule has 0 atom stereocenters. The van der Waals surface area contributed by atoms with E-state index in [0.717, 1.165) is 16.7 Å². The molecule has 2 aromatic rings. The normalized spacial score (nSPS) is 11.7. The Balaban J connectivity index is 1.88. The predicted octanol–water partition coefficient (Wildman–Crippen LogP) is 1.90. The van der Waals surface area contributed by atoms with E-state index in [1.54, 1.807) is 32.0 Å². The minimum absolute atomic E-state index is 0.0290. The molecule has 0 fully saturated rings. The number of hydrogen-bond acceptors (Lipinski definition) is 4. The summed E-state index contributed by atoms with van der Waals surface area (Å²) < 4.78 is 26.5. The van der Waals surface area contributed by atoms with Gasteiger partial charge in [0.1, 0.15) is 0 Å². The Bertz CT molecular complexity index is 847. The second-order valence-corrected chi connectivity index (χ2v) is 8.27. The van der Waals surface area contributed by atoms with Crippen molar-refractivity contribution in [3.05, 3.63) is 70.8 Å². The van der Waals surface area contributed by atoms with Crippen LogP contribution < -0.4 is 15.8 Å². The van der Waals surface area contributed by atoms with Gasteiger partial charge in [0.05, 0.1) is 5.75 Å². The summed E-state index contributed by atoms with van der Waals surface area (Å²) >= 11 is 0. The van der Waals surface area contributed by atoms with E-state index >= 15 is 0 Å². The van der Waals surface area contributed by atoms with Crippen molar-refractivity contribution in [2.45, 2.75) is 38.7 Å². The molecular formula is C19H25N3O3S. The largest absolute Gasteiger partial charge is 0.366 e. The van der Waals surface area contributed by atoms with Gasteiger partial charge in [-0.2, -0.15) is 0 Å². The van der Waals surface area contributed by atoms with Crippen molar-refractivity contribution < 1.29 is 13.2 Å². The molecule has 0 saturated heterocycles. The predicted molar refractivity (Wildman–Crippen MR) is 103 cm³/mol. The van der Waals surface area contributed by atoms with E-state index in [0.29, 0.717) is 18.7 Å². The second-order valence-electron chi connectivity index (χ2n) is 6.52. The molecule has 0 aliphatic carbocycles. The minimum Gasteiger partial charge on any atom is -0.366 e. The van der Waals surface area contributed by atoms with Gasteiger partial charge in [-0.05, 0) is 42.7 Å². The summed E-state index contributed by atoms with van der Waals surface area (Å²) in [5.41, 5.74) is 8.54. The minimum atomic E-state index is -3.31. The van der Waals surface area contributed by atoms with E-state index < -0.39 is 15.9 Å². The molecule has 0 aliphatic heterocycles. The lowest BCUT2D eigenvalue weighted by molar-refractivity contribution is 0.1000. The summed E-state index contributed by atoms with van der Waals surface area (Å²) in [4.78, 5) is 11.2. The Labute approximate surface area is 154 Å². The number of amides is 1. The van der Waals surface area contributed by atoms with E-state index in [9.17, 15) is 13.2 Å². The van der Waals surface area contributed by atoms with Crippen LogP contribution in [0.2, 0.25) is 0 Å². The summed E-state index contributed by atoms with van der Waals surface area (Å²) in [6.07, 6.45) is 0. The zero-order chi connectivity index (χ0) is 19.2. The van der Waals surface area contributed by atoms with Crippen LogP contribution in [0, 0.1) is 0 Å². The van der Waals surface area contributed by atoms with Crippen LogP contribution in [0.15, 0.2) is 48.5 Å². The lowest BCUT2D eigenvalue weighted by Gasteiger charge is -2.10. The molecule has 6 nitrogen and oxygen atoms in total. The van der Waals surface area contributed by atoms with Gasteiger partial charge in [0.15, 0.2) is 0 Å². The van der Waals surface area contributed by atoms with Gasteiger partial charge in [-0.15, -0.1) is 0 Å². The SMILES string of the molecule is CC(C)NS(=O)(=O)Cc1ccc(CNCc2cccc(C(N)=O)c2)cc1. The highest BCUT2D eigenvalue weighted by Crippen LogP contribution is 2.09. The van der Waals surface area contributed by atoms with Crippen molar-refractivity contribution in [2.24, 2.45) is 5.73 Å². The fraction of sp³-hybridized carbons (Fsp3) is 0.316. The Morgan fingerprint density at radius 1 is 1.00 bits per heavy atom. The van der Waals surface area contributed by atoms with Crippen molar-refractivity contribution in [3.8, 4) is 0 Å². The first kappa shape index (κ1) is 20.1. The number of sulfonamides is 1. The number of nitrogens with two attached hydrogens (primary N) is 1. The van der Waals surface area contributed by atoms with Gasteiger partial charge in [0, 0.05) is 24.7 Å². The molecule has 26 heavy (non-hydrogen) atoms. The number of nitrogens with one attached hydrogen (secondary N) is 2. The van der Waals surface area contributed by atoms with Crippen molar-refractivity contribution in [2.75, 3.05) is 0 Å². The fourth-order valence-corrected chi connectivity index (χ4v) is 3.99. The average molecular weight is 375 g/mol. The molecule has 140 valence electrons. The van der Waals surface area contributed by atoms with Crippen molar-refractivity contribution in [1.82, 2.24) is 10.0 Å². The number of primary amides is 1. The maximum Gasteiger partial charge on any atom is 0.248 e. The molecule has 7 heteroatoms. The topological polar surface area (TPSA) is 101 Å². The summed E-state index contributed by atoms with van der Waals surface area (Å²) in [5, 5.41) is 3.30. The van der Waals surface area contributed by atoms with Crippen LogP contribution in [-0.2, 0) is 28.9 Å². The fourth-order valence-electron chi connectivity index (χ4n) is 2.56. The Morgan fingerprint density at radius 3 is 2.23 bits per heavy atom. The number of benzene rings is 2. The molecule has 0 radical (unpaired) electrons. The first-order chi connectivity index (χ1) is 12.2. The van der Waals surface area contributed by atoms with Gasteiger partial charge >= 0.3 is 0 Å². The zero-order valence-electron chi connectivity index (χ0n) is 15.0. The molecular weight excluding hydrogens is 350 g/mol. The van der Waals surface area contributed by atoms with E-state index in [-0.39, 0.29) is 11.8 Å². The van der Waals surface area contributed by atoms with Crippen LogP contribution in [0.5, 0.6) is 0 Å². The van der Waals surface area contributed by atoms with Gasteiger partial charge in [-0.25, -0.2) is 13.1 Å². The maximum absolute atomic E-state index is 11.9. The number of rotatable bonds is 9. The van der Waals surface area contributed by atoms with Crippen LogP contribution >= 0.6 is 0 Å². The smallest absolute Gasteiger partial charge is 0.248 e. The standard InChI is InChI=1S/C19H25N3O3S/c1-14(2)22-26(24,25)13-16-8-6-15(7-9-16)11-21-12-17-4-3-5-18(10-17)19(20)23/h3-10,14,21-22H,11-13H2,1-2H3,(H2,20,23). The van der Waals surface area contributed by atoms with Gasteiger partial charge in [0.25, 0.3) is 0 Å². The molecule has 0 unspecified atom stereocenters. The summed E-state index contributed by atoms with van der Waals surface area (Å²) in [7, 11) is -3.31. The lowest BCUT2D eigenvalue weighted by atomic mass is 10.1. The lowest BCUT2D eigenvalue weighted by Crippen LogP contribution is -2.31. The van der Waals surface area contributed by atoms with E-state index in [2.05, 4.69) is 10.0 Å². The van der Waals surface area contributed by atoms with Crippen molar-refractivity contribution >= 4 is 15.9 Å². The second kappa shape index (κ2) is 8.93. The quantitative estimate of drug-likeness (QED) is 0.623. The third kappa shape index (κ3) is 6.59. The molecule has 2 rings (SSSR count). The van der Waals surface area contributed by atoms with E-state index in [1.165, 1.54) is 0 Å². The van der Waals surface area contributed by atoms with Crippen molar-refractivity contribution in [1.29, 1.82) is 0 Å². The number of carbonyl (C=O) groups is 1. The Kier molecular flexibility index (Phi) is 6.90. The number of carbonyl (C=O) groups excluding carboxylic acids is 1.